The largest absolute Gasteiger partial charge is 0.495 e. The molecular weight excluding hydrogens is 817 g/mol. The van der Waals surface area contributed by atoms with E-state index in [0.29, 0.717) is 11.8 Å². The highest BCUT2D eigenvalue weighted by molar-refractivity contribution is 7.98. The highest BCUT2D eigenvalue weighted by atomic mass is 32.2. The second-order valence-electron chi connectivity index (χ2n) is 11.0. The van der Waals surface area contributed by atoms with Gasteiger partial charge in [-0.1, -0.05) is 32.0 Å². The van der Waals surface area contributed by atoms with Crippen molar-refractivity contribution in [3.63, 3.8) is 0 Å². The number of nitrogens with two attached hydrogens (primary N) is 2. The lowest BCUT2D eigenvalue weighted by molar-refractivity contribution is -0.297. The third-order valence-electron chi connectivity index (χ3n) is 7.03. The molecule has 0 aliphatic carbocycles. The van der Waals surface area contributed by atoms with Crippen LogP contribution in [0.2, 0.25) is 0 Å². The SMILES string of the molecule is CCC(C)C(NCCCS)(OC(=O)C(F)(F)F)C(=O)OC(CSC)C(N)(OC(=O)C(N)Cc1ccccc1OC(=O)C(F)(F)F)C(=O)OOC(=O)C(F)(F)F. The Morgan fingerprint density at radius 2 is 1.38 bits per heavy atom. The van der Waals surface area contributed by atoms with Crippen LogP contribution in [0.5, 0.6) is 5.75 Å². The van der Waals surface area contributed by atoms with Gasteiger partial charge in [0.25, 0.3) is 5.72 Å². The van der Waals surface area contributed by atoms with Gasteiger partial charge in [-0.2, -0.15) is 63.9 Å². The predicted molar refractivity (Wildman–Crippen MR) is 170 cm³/mol. The first-order valence-corrected chi connectivity index (χ1v) is 17.2. The van der Waals surface area contributed by atoms with E-state index in [1.807, 2.05) is 0 Å². The molecule has 312 valence electrons. The van der Waals surface area contributed by atoms with Gasteiger partial charge in [-0.3, -0.25) is 15.8 Å². The van der Waals surface area contributed by atoms with Crippen molar-refractivity contribution in [2.75, 3.05) is 24.3 Å². The number of nitrogens with one attached hydrogen (secondary N) is 1. The fourth-order valence-electron chi connectivity index (χ4n) is 4.00. The van der Waals surface area contributed by atoms with E-state index in [2.05, 4.69) is 37.2 Å². The molecule has 0 fully saturated rings. The molecule has 55 heavy (non-hydrogen) atoms. The Hall–Kier alpha value is -4.01. The number of halogens is 9. The number of benzene rings is 1. The lowest BCUT2D eigenvalue weighted by Gasteiger charge is -2.39. The van der Waals surface area contributed by atoms with Gasteiger partial charge in [-0.25, -0.2) is 33.7 Å². The van der Waals surface area contributed by atoms with Gasteiger partial charge in [0.05, 0.1) is 0 Å². The van der Waals surface area contributed by atoms with Crippen LogP contribution in [0.3, 0.4) is 0 Å². The van der Waals surface area contributed by atoms with Crippen molar-refractivity contribution < 1.29 is 97.0 Å². The van der Waals surface area contributed by atoms with Crippen LogP contribution in [-0.2, 0) is 59.2 Å². The number of esters is 4. The van der Waals surface area contributed by atoms with Gasteiger partial charge in [0.15, 0.2) is 6.10 Å². The molecule has 0 amide bonds. The van der Waals surface area contributed by atoms with E-state index in [9.17, 15) is 68.3 Å². The van der Waals surface area contributed by atoms with Crippen molar-refractivity contribution in [1.29, 1.82) is 0 Å². The average molecular weight is 852 g/mol. The summed E-state index contributed by atoms with van der Waals surface area (Å²) in [6.45, 7) is 2.11. The van der Waals surface area contributed by atoms with E-state index in [0.717, 1.165) is 25.1 Å². The molecule has 5 unspecified atom stereocenters. The highest BCUT2D eigenvalue weighted by Crippen LogP contribution is 2.32. The van der Waals surface area contributed by atoms with Crippen LogP contribution in [0.1, 0.15) is 32.3 Å². The van der Waals surface area contributed by atoms with Gasteiger partial charge in [0, 0.05) is 24.6 Å². The molecule has 0 saturated carbocycles. The van der Waals surface area contributed by atoms with Crippen molar-refractivity contribution in [2.24, 2.45) is 17.4 Å². The number of carbonyl (C=O) groups is 6. The molecule has 0 radical (unpaired) electrons. The fourth-order valence-corrected chi connectivity index (χ4v) is 4.78. The number of hydrogen-bond acceptors (Lipinski definition) is 17. The molecule has 5 atom stereocenters. The molecule has 0 bridgehead atoms. The Morgan fingerprint density at radius 3 is 1.89 bits per heavy atom. The molecule has 0 heterocycles. The van der Waals surface area contributed by atoms with Gasteiger partial charge in [0.1, 0.15) is 11.8 Å². The van der Waals surface area contributed by atoms with Crippen LogP contribution >= 0.6 is 24.4 Å². The molecule has 15 nitrogen and oxygen atoms in total. The molecule has 0 aliphatic rings. The van der Waals surface area contributed by atoms with Crippen molar-refractivity contribution in [3.05, 3.63) is 29.8 Å². The number of para-hydroxylation sites is 1. The number of thiol groups is 1. The summed E-state index contributed by atoms with van der Waals surface area (Å²) in [7, 11) is 0. The first kappa shape index (κ1) is 49.0. The number of hydrogen-bond donors (Lipinski definition) is 4. The minimum Gasteiger partial charge on any atom is -0.451 e. The summed E-state index contributed by atoms with van der Waals surface area (Å²) in [4.78, 5) is 82.4. The molecular formula is C29H34F9N3O12S2. The highest BCUT2D eigenvalue weighted by Gasteiger charge is 2.58. The first-order valence-electron chi connectivity index (χ1n) is 15.2. The minimum absolute atomic E-state index is 0.0398. The van der Waals surface area contributed by atoms with E-state index in [1.54, 1.807) is 0 Å². The number of alkyl halides is 9. The maximum absolute atomic E-state index is 13.8. The van der Waals surface area contributed by atoms with Gasteiger partial charge in [0.2, 0.25) is 0 Å². The molecule has 0 saturated heterocycles. The van der Waals surface area contributed by atoms with Crippen molar-refractivity contribution in [3.8, 4) is 5.75 Å². The quantitative estimate of drug-likeness (QED) is 0.0192. The molecule has 1 aromatic rings. The molecule has 0 spiro atoms. The summed E-state index contributed by atoms with van der Waals surface area (Å²) in [5, 5.41) is 2.33. The second kappa shape index (κ2) is 20.2. The zero-order valence-electron chi connectivity index (χ0n) is 28.6. The van der Waals surface area contributed by atoms with E-state index in [4.69, 9.17) is 20.9 Å². The standard InChI is InChI=1S/C29H34F9N3O12S2/c1-4-14(2)26(41-10-7-11-54,51-23(46)28(33,34)35)21(44)49-18(13-55-3)25(40,20(43)52-53-24(47)29(36,37)38)50-19(42)16(39)12-15-8-5-6-9-17(15)48-22(45)27(30,31)32/h5-6,8-9,14,16,18,41,54H,4,7,10-13,39-40H2,1-3H3. The van der Waals surface area contributed by atoms with Crippen LogP contribution in [0.25, 0.3) is 0 Å². The third-order valence-corrected chi connectivity index (χ3v) is 7.98. The van der Waals surface area contributed by atoms with Crippen LogP contribution in [0, 0.1) is 5.92 Å². The number of thioether (sulfide) groups is 1. The van der Waals surface area contributed by atoms with E-state index >= 15 is 0 Å². The molecule has 1 aromatic carbocycles. The van der Waals surface area contributed by atoms with E-state index < -0.39 is 102 Å². The Kier molecular flexibility index (Phi) is 18.0. The Morgan fingerprint density at radius 1 is 0.836 bits per heavy atom. The molecule has 1 rings (SSSR count). The molecule has 0 aromatic heterocycles. The van der Waals surface area contributed by atoms with Crippen molar-refractivity contribution >= 4 is 60.2 Å². The van der Waals surface area contributed by atoms with Crippen LogP contribution in [0.4, 0.5) is 39.5 Å². The zero-order chi connectivity index (χ0) is 42.6. The summed E-state index contributed by atoms with van der Waals surface area (Å²) in [6, 6.07) is 2.10. The second-order valence-corrected chi connectivity index (χ2v) is 12.4. The maximum Gasteiger partial charge on any atom is 0.495 e. The van der Waals surface area contributed by atoms with Crippen LogP contribution in [-0.4, -0.2) is 102 Å². The van der Waals surface area contributed by atoms with Gasteiger partial charge in [-0.15, -0.1) is 0 Å². The van der Waals surface area contributed by atoms with Gasteiger partial charge < -0.3 is 24.7 Å². The number of rotatable bonds is 18. The summed E-state index contributed by atoms with van der Waals surface area (Å²) < 4.78 is 136. The van der Waals surface area contributed by atoms with Gasteiger partial charge in [-0.05, 0) is 36.5 Å². The summed E-state index contributed by atoms with van der Waals surface area (Å²) in [5.74, 6) is -17.8. The van der Waals surface area contributed by atoms with E-state index in [1.165, 1.54) is 19.2 Å². The molecule has 5 N–H and O–H groups in total. The average Bonchev–Trinajstić information content (AvgIpc) is 3.08. The third kappa shape index (κ3) is 13.9. The Balaban J connectivity index is 3.76. The van der Waals surface area contributed by atoms with Crippen molar-refractivity contribution in [1.82, 2.24) is 5.32 Å². The zero-order valence-corrected chi connectivity index (χ0v) is 30.3. The lowest BCUT2D eigenvalue weighted by Crippen LogP contribution is -2.67. The summed E-state index contributed by atoms with van der Waals surface area (Å²) in [5.41, 5.74) is 4.67. The Labute approximate surface area is 314 Å². The van der Waals surface area contributed by atoms with Crippen LogP contribution in [0.15, 0.2) is 24.3 Å². The monoisotopic (exact) mass is 851 g/mol. The number of carbonyl (C=O) groups excluding carboxylic acids is 6. The smallest absolute Gasteiger partial charge is 0.451 e. The van der Waals surface area contributed by atoms with E-state index in [-0.39, 0.29) is 30.7 Å². The topological polar surface area (TPSA) is 222 Å². The molecule has 26 heteroatoms. The van der Waals surface area contributed by atoms with Gasteiger partial charge >= 0.3 is 60.1 Å². The predicted octanol–water partition coefficient (Wildman–Crippen LogP) is 2.82. The number of ether oxygens (including phenoxy) is 4. The fraction of sp³-hybridized carbons (Fsp3) is 0.586. The summed E-state index contributed by atoms with van der Waals surface area (Å²) >= 11 is 4.56. The maximum atomic E-state index is 13.8. The Bertz CT molecular complexity index is 1530. The first-order chi connectivity index (χ1) is 25.2. The minimum atomic E-state index is -5.79. The van der Waals surface area contributed by atoms with Crippen molar-refractivity contribution in [2.45, 2.75) is 75.2 Å². The van der Waals surface area contributed by atoms with Crippen LogP contribution < -0.4 is 21.5 Å². The summed E-state index contributed by atoms with van der Waals surface area (Å²) in [6.07, 6.45) is -19.3. The lowest BCUT2D eigenvalue weighted by atomic mass is 9.93. The molecule has 0 aliphatic heterocycles. The normalized spacial score (nSPS) is 15.9.